The summed E-state index contributed by atoms with van der Waals surface area (Å²) in [5.74, 6) is 1.04. The van der Waals surface area contributed by atoms with Crippen molar-refractivity contribution in [1.82, 2.24) is 9.97 Å². The average molecular weight is 501 g/mol. The molecule has 9 heteroatoms. The van der Waals surface area contributed by atoms with Crippen molar-refractivity contribution in [2.45, 2.75) is 64.1 Å². The van der Waals surface area contributed by atoms with Gasteiger partial charge in [-0.2, -0.15) is 18.2 Å². The molecule has 36 heavy (non-hydrogen) atoms. The van der Waals surface area contributed by atoms with Gasteiger partial charge in [0, 0.05) is 23.6 Å². The second-order valence-corrected chi connectivity index (χ2v) is 8.84. The molecule has 0 aliphatic heterocycles. The van der Waals surface area contributed by atoms with E-state index >= 15 is 0 Å². The Balaban J connectivity index is 1.47. The van der Waals surface area contributed by atoms with Crippen molar-refractivity contribution < 1.29 is 22.6 Å². The van der Waals surface area contributed by atoms with E-state index in [4.69, 9.17) is 9.47 Å². The van der Waals surface area contributed by atoms with Gasteiger partial charge in [-0.05, 0) is 68.5 Å². The van der Waals surface area contributed by atoms with E-state index in [2.05, 4.69) is 27.5 Å². The Bertz CT molecular complexity index is 1120. The molecule has 6 nitrogen and oxygen atoms in total. The van der Waals surface area contributed by atoms with Crippen molar-refractivity contribution in [3.63, 3.8) is 0 Å². The Kier molecular flexibility index (Phi) is 8.51. The molecule has 0 radical (unpaired) electrons. The van der Waals surface area contributed by atoms with Crippen molar-refractivity contribution in [3.05, 3.63) is 60.3 Å². The zero-order valence-electron chi connectivity index (χ0n) is 20.3. The smallest absolute Gasteiger partial charge is 0.421 e. The van der Waals surface area contributed by atoms with Crippen LogP contribution in [0.2, 0.25) is 0 Å². The maximum Gasteiger partial charge on any atom is 0.421 e. The van der Waals surface area contributed by atoms with Crippen molar-refractivity contribution in [3.8, 4) is 11.5 Å². The molecule has 1 saturated carbocycles. The van der Waals surface area contributed by atoms with E-state index < -0.39 is 11.7 Å². The summed E-state index contributed by atoms with van der Waals surface area (Å²) in [6, 6.07) is 14.1. The van der Waals surface area contributed by atoms with Crippen LogP contribution in [0, 0.1) is 0 Å². The summed E-state index contributed by atoms with van der Waals surface area (Å²) in [4.78, 5) is 8.01. The van der Waals surface area contributed by atoms with Gasteiger partial charge < -0.3 is 20.1 Å². The van der Waals surface area contributed by atoms with Crippen molar-refractivity contribution >= 4 is 23.1 Å². The first kappa shape index (κ1) is 25.6. The van der Waals surface area contributed by atoms with Crippen molar-refractivity contribution in [2.24, 2.45) is 0 Å². The topological polar surface area (TPSA) is 68.3 Å². The molecule has 192 valence electrons. The number of halogens is 3. The highest BCUT2D eigenvalue weighted by molar-refractivity contribution is 5.64. The van der Waals surface area contributed by atoms with Crippen LogP contribution >= 0.6 is 0 Å². The number of ether oxygens (including phenoxy) is 2. The fourth-order valence-electron chi connectivity index (χ4n) is 4.03. The molecule has 1 aliphatic carbocycles. The van der Waals surface area contributed by atoms with Gasteiger partial charge in [-0.25, -0.2) is 4.98 Å². The third-order valence-corrected chi connectivity index (χ3v) is 5.92. The number of nitrogens with zero attached hydrogens (tertiary/aromatic N) is 2. The van der Waals surface area contributed by atoms with Crippen LogP contribution in [0.25, 0.3) is 0 Å². The van der Waals surface area contributed by atoms with Gasteiger partial charge in [0.25, 0.3) is 0 Å². The van der Waals surface area contributed by atoms with Crippen LogP contribution in [0.4, 0.5) is 36.3 Å². The van der Waals surface area contributed by atoms with E-state index in [1.807, 2.05) is 12.1 Å². The zero-order chi connectivity index (χ0) is 25.4. The van der Waals surface area contributed by atoms with Gasteiger partial charge in [-0.15, -0.1) is 0 Å². The Morgan fingerprint density at radius 3 is 2.44 bits per heavy atom. The molecule has 0 amide bonds. The first-order valence-corrected chi connectivity index (χ1v) is 12.4. The lowest BCUT2D eigenvalue weighted by Gasteiger charge is -2.16. The molecule has 0 saturated heterocycles. The van der Waals surface area contributed by atoms with Gasteiger partial charge in [0.1, 0.15) is 22.9 Å². The van der Waals surface area contributed by atoms with Crippen LogP contribution in [0.3, 0.4) is 0 Å². The average Bonchev–Trinajstić information content (AvgIpc) is 3.36. The summed E-state index contributed by atoms with van der Waals surface area (Å²) >= 11 is 0. The van der Waals surface area contributed by atoms with E-state index in [-0.39, 0.29) is 17.9 Å². The van der Waals surface area contributed by atoms with Gasteiger partial charge in [0.2, 0.25) is 5.95 Å². The maximum atomic E-state index is 13.7. The number of hydrogen-bond donors (Lipinski definition) is 2. The minimum Gasteiger partial charge on any atom is -0.494 e. The summed E-state index contributed by atoms with van der Waals surface area (Å²) < 4.78 is 52.7. The van der Waals surface area contributed by atoms with Crippen molar-refractivity contribution in [2.75, 3.05) is 17.2 Å². The molecule has 0 bridgehead atoms. The molecule has 2 aromatic carbocycles. The van der Waals surface area contributed by atoms with Gasteiger partial charge in [0.15, 0.2) is 0 Å². The number of aromatic nitrogens is 2. The largest absolute Gasteiger partial charge is 0.494 e. The number of hydrogen-bond acceptors (Lipinski definition) is 6. The predicted molar refractivity (Wildman–Crippen MR) is 134 cm³/mol. The molecule has 4 rings (SSSR count). The highest BCUT2D eigenvalue weighted by Gasteiger charge is 2.35. The molecule has 0 unspecified atom stereocenters. The number of rotatable bonds is 11. The van der Waals surface area contributed by atoms with E-state index in [0.29, 0.717) is 23.7 Å². The predicted octanol–water partition coefficient (Wildman–Crippen LogP) is 7.87. The first-order chi connectivity index (χ1) is 17.4. The highest BCUT2D eigenvalue weighted by atomic mass is 19.4. The van der Waals surface area contributed by atoms with Crippen LogP contribution in [0.1, 0.15) is 57.4 Å². The Labute approximate surface area is 209 Å². The first-order valence-electron chi connectivity index (χ1n) is 12.4. The fraction of sp³-hybridized carbons (Fsp3) is 0.407. The molecule has 1 aromatic heterocycles. The lowest BCUT2D eigenvalue weighted by atomic mass is 10.2. The second-order valence-electron chi connectivity index (χ2n) is 8.84. The van der Waals surface area contributed by atoms with E-state index in [1.54, 1.807) is 36.4 Å². The molecule has 3 aromatic rings. The SMILES string of the molecule is CCCCCOc1cccc(Nc2nc(Nc3ccc(OC4CCCC4)cc3)ncc2C(F)(F)F)c1. The minimum atomic E-state index is -4.62. The molecule has 1 heterocycles. The Hall–Kier alpha value is -3.49. The molecule has 1 fully saturated rings. The summed E-state index contributed by atoms with van der Waals surface area (Å²) in [5, 5.41) is 5.76. The maximum absolute atomic E-state index is 13.7. The standard InChI is InChI=1S/C27H31F3N4O2/c1-2-3-6-16-35-23-11-7-8-20(17-23)32-25-24(27(28,29)30)18-31-26(34-25)33-19-12-14-22(15-13-19)36-21-9-4-5-10-21/h7-8,11-15,17-18,21H,2-6,9-10,16H2,1H3,(H2,31,32,33,34). The normalized spacial score (nSPS) is 14.0. The van der Waals surface area contributed by atoms with Gasteiger partial charge in [0.05, 0.1) is 12.7 Å². The highest BCUT2D eigenvalue weighted by Crippen LogP contribution is 2.36. The Morgan fingerprint density at radius 2 is 1.72 bits per heavy atom. The third kappa shape index (κ3) is 7.26. The van der Waals surface area contributed by atoms with Crippen LogP contribution in [0.5, 0.6) is 11.5 Å². The molecule has 0 atom stereocenters. The zero-order valence-corrected chi connectivity index (χ0v) is 20.3. The molecule has 0 spiro atoms. The lowest BCUT2D eigenvalue weighted by molar-refractivity contribution is -0.137. The third-order valence-electron chi connectivity index (χ3n) is 5.92. The van der Waals surface area contributed by atoms with Crippen LogP contribution in [0.15, 0.2) is 54.7 Å². The fourth-order valence-corrected chi connectivity index (χ4v) is 4.03. The van der Waals surface area contributed by atoms with E-state index in [0.717, 1.165) is 44.1 Å². The van der Waals surface area contributed by atoms with Crippen LogP contribution in [-0.4, -0.2) is 22.7 Å². The number of alkyl halides is 3. The van der Waals surface area contributed by atoms with Gasteiger partial charge in [-0.1, -0.05) is 25.8 Å². The van der Waals surface area contributed by atoms with Gasteiger partial charge >= 0.3 is 6.18 Å². The molecular weight excluding hydrogens is 469 g/mol. The molecular formula is C27H31F3N4O2. The molecule has 1 aliphatic rings. The van der Waals surface area contributed by atoms with E-state index in [9.17, 15) is 13.2 Å². The lowest BCUT2D eigenvalue weighted by Crippen LogP contribution is -2.13. The quantitative estimate of drug-likeness (QED) is 0.261. The molecule has 2 N–H and O–H groups in total. The van der Waals surface area contributed by atoms with Crippen molar-refractivity contribution in [1.29, 1.82) is 0 Å². The second kappa shape index (κ2) is 12.0. The monoisotopic (exact) mass is 500 g/mol. The minimum absolute atomic E-state index is 0.0435. The van der Waals surface area contributed by atoms with Crippen LogP contribution in [-0.2, 0) is 6.18 Å². The summed E-state index contributed by atoms with van der Waals surface area (Å²) in [6.07, 6.45) is 3.94. The summed E-state index contributed by atoms with van der Waals surface area (Å²) in [7, 11) is 0. The van der Waals surface area contributed by atoms with Gasteiger partial charge in [-0.3, -0.25) is 0 Å². The number of nitrogens with one attached hydrogen (secondary N) is 2. The number of anilines is 4. The Morgan fingerprint density at radius 1 is 0.944 bits per heavy atom. The number of benzene rings is 2. The summed E-state index contributed by atoms with van der Waals surface area (Å²) in [6.45, 7) is 2.66. The summed E-state index contributed by atoms with van der Waals surface area (Å²) in [5.41, 5.74) is 0.121. The van der Waals surface area contributed by atoms with E-state index in [1.165, 1.54) is 12.8 Å². The van der Waals surface area contributed by atoms with Crippen LogP contribution < -0.4 is 20.1 Å². The number of unbranched alkanes of at least 4 members (excludes halogenated alkanes) is 2.